The predicted molar refractivity (Wildman–Crippen MR) is 127 cm³/mol. The second-order valence-corrected chi connectivity index (χ2v) is 9.94. The minimum Gasteiger partial charge on any atom is -0.256 e. The molecule has 2 heteroatoms. The molecule has 1 fully saturated rings. The second kappa shape index (κ2) is 7.19. The molecule has 0 aliphatic heterocycles. The fourth-order valence-electron chi connectivity index (χ4n) is 5.15. The van der Waals surface area contributed by atoms with Crippen LogP contribution < -0.4 is 0 Å². The van der Waals surface area contributed by atoms with Crippen molar-refractivity contribution in [3.8, 4) is 11.3 Å². The molecule has 4 aromatic rings. The molecule has 30 heavy (non-hydrogen) atoms. The molecule has 2 heterocycles. The van der Waals surface area contributed by atoms with Crippen LogP contribution in [0.5, 0.6) is 0 Å². The highest BCUT2D eigenvalue weighted by molar-refractivity contribution is 6.10. The molecule has 0 amide bonds. The van der Waals surface area contributed by atoms with Crippen LogP contribution >= 0.6 is 0 Å². The summed E-state index contributed by atoms with van der Waals surface area (Å²) in [5, 5.41) is 3.66. The van der Waals surface area contributed by atoms with Crippen molar-refractivity contribution in [2.45, 2.75) is 59.3 Å². The molecule has 1 aliphatic rings. The molecule has 1 saturated carbocycles. The average Bonchev–Trinajstić information content (AvgIpc) is 2.72. The van der Waals surface area contributed by atoms with E-state index in [0.717, 1.165) is 11.2 Å². The van der Waals surface area contributed by atoms with E-state index >= 15 is 0 Å². The zero-order chi connectivity index (χ0) is 20.9. The fourth-order valence-corrected chi connectivity index (χ4v) is 5.15. The van der Waals surface area contributed by atoms with E-state index in [2.05, 4.69) is 76.2 Å². The maximum Gasteiger partial charge on any atom is 0.0780 e. The van der Waals surface area contributed by atoms with E-state index in [9.17, 15) is 0 Å². The van der Waals surface area contributed by atoms with Gasteiger partial charge in [0.05, 0.1) is 11.2 Å². The molecule has 0 spiro atoms. The van der Waals surface area contributed by atoms with Crippen LogP contribution in [0.25, 0.3) is 32.9 Å². The highest BCUT2D eigenvalue weighted by atomic mass is 14.7. The lowest BCUT2D eigenvalue weighted by molar-refractivity contribution is 0.223. The van der Waals surface area contributed by atoms with Crippen molar-refractivity contribution >= 4 is 21.7 Å². The zero-order valence-electron chi connectivity index (χ0n) is 18.5. The summed E-state index contributed by atoms with van der Waals surface area (Å²) in [6.07, 6.45) is 7.02. The van der Waals surface area contributed by atoms with Gasteiger partial charge in [-0.1, -0.05) is 37.1 Å². The topological polar surface area (TPSA) is 25.8 Å². The van der Waals surface area contributed by atoms with Gasteiger partial charge in [-0.2, -0.15) is 0 Å². The van der Waals surface area contributed by atoms with Crippen LogP contribution in [0.4, 0.5) is 0 Å². The molecular weight excluding hydrogens is 364 g/mol. The molecule has 2 nitrogen and oxygen atoms in total. The first-order valence-corrected chi connectivity index (χ1v) is 11.2. The SMILES string of the molecule is Cc1cc(C)cc(-c2nccc3c2ccc2nc(C4CCC(C)(C)CC4)ccc23)c1. The molecule has 0 saturated heterocycles. The van der Waals surface area contributed by atoms with Gasteiger partial charge in [-0.25, -0.2) is 0 Å². The third-order valence-electron chi connectivity index (χ3n) is 6.89. The summed E-state index contributed by atoms with van der Waals surface area (Å²) < 4.78 is 0. The van der Waals surface area contributed by atoms with Crippen LogP contribution in [-0.2, 0) is 0 Å². The minimum absolute atomic E-state index is 0.487. The number of pyridine rings is 2. The molecule has 0 unspecified atom stereocenters. The maximum absolute atomic E-state index is 5.11. The molecule has 1 aliphatic carbocycles. The molecule has 0 radical (unpaired) electrons. The summed E-state index contributed by atoms with van der Waals surface area (Å²) in [6.45, 7) is 9.08. The summed E-state index contributed by atoms with van der Waals surface area (Å²) in [5.74, 6) is 0.599. The summed E-state index contributed by atoms with van der Waals surface area (Å²) in [4.78, 5) is 9.86. The van der Waals surface area contributed by atoms with Gasteiger partial charge in [-0.05, 0) is 86.7 Å². The maximum atomic E-state index is 5.11. The summed E-state index contributed by atoms with van der Waals surface area (Å²) in [7, 11) is 0. The predicted octanol–water partition coefficient (Wildman–Crippen LogP) is 7.75. The highest BCUT2D eigenvalue weighted by Gasteiger charge is 2.28. The lowest BCUT2D eigenvalue weighted by atomic mass is 9.72. The molecule has 0 N–H and O–H groups in total. The number of benzene rings is 2. The monoisotopic (exact) mass is 394 g/mol. The summed E-state index contributed by atoms with van der Waals surface area (Å²) >= 11 is 0. The Kier molecular flexibility index (Phi) is 4.61. The van der Waals surface area contributed by atoms with Crippen molar-refractivity contribution in [2.75, 3.05) is 0 Å². The van der Waals surface area contributed by atoms with Gasteiger partial charge in [0.25, 0.3) is 0 Å². The van der Waals surface area contributed by atoms with Crippen molar-refractivity contribution in [2.24, 2.45) is 5.41 Å². The minimum atomic E-state index is 0.487. The second-order valence-electron chi connectivity index (χ2n) is 9.94. The number of rotatable bonds is 2. The molecule has 152 valence electrons. The number of hydrogen-bond donors (Lipinski definition) is 0. The molecule has 2 aromatic heterocycles. The van der Waals surface area contributed by atoms with Crippen LogP contribution in [0.2, 0.25) is 0 Å². The van der Waals surface area contributed by atoms with E-state index in [1.807, 2.05) is 6.20 Å². The normalized spacial score (nSPS) is 16.9. The van der Waals surface area contributed by atoms with Crippen molar-refractivity contribution in [1.29, 1.82) is 0 Å². The van der Waals surface area contributed by atoms with Crippen LogP contribution in [0.3, 0.4) is 0 Å². The van der Waals surface area contributed by atoms with Crippen LogP contribution in [0, 0.1) is 19.3 Å². The molecule has 0 bridgehead atoms. The molecular formula is C28H30N2. The Labute approximate surface area is 179 Å². The van der Waals surface area contributed by atoms with E-state index < -0.39 is 0 Å². The first-order valence-electron chi connectivity index (χ1n) is 11.2. The van der Waals surface area contributed by atoms with E-state index in [1.54, 1.807) is 0 Å². The smallest absolute Gasteiger partial charge is 0.0780 e. The van der Waals surface area contributed by atoms with Gasteiger partial charge in [0.1, 0.15) is 0 Å². The number of hydrogen-bond acceptors (Lipinski definition) is 2. The highest BCUT2D eigenvalue weighted by Crippen LogP contribution is 2.42. The van der Waals surface area contributed by atoms with Gasteiger partial charge in [0.2, 0.25) is 0 Å². The van der Waals surface area contributed by atoms with Gasteiger partial charge in [0, 0.05) is 34.1 Å². The largest absolute Gasteiger partial charge is 0.256 e. The number of aryl methyl sites for hydroxylation is 2. The van der Waals surface area contributed by atoms with E-state index in [4.69, 9.17) is 9.97 Å². The Morgan fingerprint density at radius 2 is 1.50 bits per heavy atom. The number of aromatic nitrogens is 2. The Balaban J connectivity index is 1.59. The van der Waals surface area contributed by atoms with E-state index in [-0.39, 0.29) is 0 Å². The Hall–Kier alpha value is -2.74. The zero-order valence-corrected chi connectivity index (χ0v) is 18.5. The van der Waals surface area contributed by atoms with Gasteiger partial charge in [0.15, 0.2) is 0 Å². The van der Waals surface area contributed by atoms with Gasteiger partial charge in [-0.15, -0.1) is 0 Å². The van der Waals surface area contributed by atoms with Crippen molar-refractivity contribution in [1.82, 2.24) is 9.97 Å². The Morgan fingerprint density at radius 1 is 0.800 bits per heavy atom. The van der Waals surface area contributed by atoms with Crippen LogP contribution in [0.1, 0.15) is 62.3 Å². The van der Waals surface area contributed by atoms with Crippen LogP contribution in [-0.4, -0.2) is 9.97 Å². The standard InChI is InChI=1S/C28H30N2/c1-18-15-19(2)17-21(16-18)27-24-6-8-26-23(22(24)11-14-29-27)5-7-25(30-26)20-9-12-28(3,4)13-10-20/h5-8,11,14-17,20H,9-10,12-13H2,1-4H3. The average molecular weight is 395 g/mol. The van der Waals surface area contributed by atoms with Gasteiger partial charge >= 0.3 is 0 Å². The third-order valence-corrected chi connectivity index (χ3v) is 6.89. The lowest BCUT2D eigenvalue weighted by Crippen LogP contribution is -2.20. The summed E-state index contributed by atoms with van der Waals surface area (Å²) in [6, 6.07) is 17.7. The fraction of sp³-hybridized carbons (Fsp3) is 0.357. The summed E-state index contributed by atoms with van der Waals surface area (Å²) in [5.41, 5.74) is 7.63. The van der Waals surface area contributed by atoms with Crippen molar-refractivity contribution in [3.05, 3.63) is 71.5 Å². The van der Waals surface area contributed by atoms with Crippen LogP contribution in [0.15, 0.2) is 54.7 Å². The van der Waals surface area contributed by atoms with Crippen molar-refractivity contribution in [3.63, 3.8) is 0 Å². The van der Waals surface area contributed by atoms with Gasteiger partial charge in [-0.3, -0.25) is 9.97 Å². The Morgan fingerprint density at radius 3 is 2.23 bits per heavy atom. The molecule has 0 atom stereocenters. The van der Waals surface area contributed by atoms with E-state index in [0.29, 0.717) is 11.3 Å². The van der Waals surface area contributed by atoms with Gasteiger partial charge < -0.3 is 0 Å². The lowest BCUT2D eigenvalue weighted by Gasteiger charge is -2.34. The quantitative estimate of drug-likeness (QED) is 0.325. The van der Waals surface area contributed by atoms with E-state index in [1.165, 1.54) is 64.2 Å². The first-order chi connectivity index (χ1) is 14.4. The first kappa shape index (κ1) is 19.2. The third kappa shape index (κ3) is 3.49. The number of nitrogens with zero attached hydrogens (tertiary/aromatic N) is 2. The van der Waals surface area contributed by atoms with Crippen molar-refractivity contribution < 1.29 is 0 Å². The Bertz CT molecular complexity index is 1220. The number of fused-ring (bicyclic) bond motifs is 3. The molecule has 2 aromatic carbocycles. The molecule has 5 rings (SSSR count).